The summed E-state index contributed by atoms with van der Waals surface area (Å²) in [6, 6.07) is 8.88. The second kappa shape index (κ2) is 8.59. The van der Waals surface area contributed by atoms with Crippen LogP contribution in [0.3, 0.4) is 0 Å². The highest BCUT2D eigenvalue weighted by molar-refractivity contribution is 7.99. The van der Waals surface area contributed by atoms with Gasteiger partial charge in [-0.15, -0.1) is 0 Å². The van der Waals surface area contributed by atoms with Crippen molar-refractivity contribution in [2.75, 3.05) is 24.6 Å². The van der Waals surface area contributed by atoms with Gasteiger partial charge in [0.1, 0.15) is 6.04 Å². The fourth-order valence-corrected chi connectivity index (χ4v) is 5.22. The van der Waals surface area contributed by atoms with Crippen molar-refractivity contribution >= 4 is 45.1 Å². The predicted octanol–water partition coefficient (Wildman–Crippen LogP) is 3.42. The maximum Gasteiger partial charge on any atom is 0.251 e. The summed E-state index contributed by atoms with van der Waals surface area (Å²) in [5, 5.41) is 3.83. The molecule has 1 unspecified atom stereocenters. The molecule has 1 aliphatic heterocycles. The number of aromatic nitrogens is 2. The van der Waals surface area contributed by atoms with Gasteiger partial charge in [0.2, 0.25) is 5.91 Å². The highest BCUT2D eigenvalue weighted by Crippen LogP contribution is 2.26. The molecule has 0 aliphatic carbocycles. The lowest BCUT2D eigenvalue weighted by molar-refractivity contribution is -0.133. The molecule has 1 saturated heterocycles. The minimum absolute atomic E-state index is 0.0161. The molecule has 1 N–H and O–H groups in total. The van der Waals surface area contributed by atoms with Crippen molar-refractivity contribution in [2.24, 2.45) is 5.92 Å². The molecular formula is C21H24N4O2S2. The molecule has 29 heavy (non-hydrogen) atoms. The standard InChI is InChI=1S/C21H24N4O2S2/c1-14(2)18(20(27)24-9-11-28-12-10-24)23-19(26)15-5-6-16-17(13-15)29-21(22-16)25-7-3-4-8-25/h3-8,13-14,18H,9-12H2,1-2H3,(H,23,26). The van der Waals surface area contributed by atoms with E-state index in [4.69, 9.17) is 0 Å². The van der Waals surface area contributed by atoms with Crippen LogP contribution in [0.25, 0.3) is 15.3 Å². The average molecular weight is 429 g/mol. The van der Waals surface area contributed by atoms with E-state index < -0.39 is 6.04 Å². The van der Waals surface area contributed by atoms with Gasteiger partial charge in [0.25, 0.3) is 5.91 Å². The van der Waals surface area contributed by atoms with Gasteiger partial charge in [0, 0.05) is 42.6 Å². The van der Waals surface area contributed by atoms with Crippen molar-refractivity contribution in [1.82, 2.24) is 19.8 Å². The molecule has 2 amide bonds. The minimum atomic E-state index is -0.516. The van der Waals surface area contributed by atoms with Gasteiger partial charge in [0.15, 0.2) is 5.13 Å². The molecule has 0 bridgehead atoms. The van der Waals surface area contributed by atoms with Crippen LogP contribution in [0.4, 0.5) is 0 Å². The smallest absolute Gasteiger partial charge is 0.251 e. The van der Waals surface area contributed by atoms with Crippen molar-refractivity contribution in [2.45, 2.75) is 19.9 Å². The van der Waals surface area contributed by atoms with Gasteiger partial charge in [-0.1, -0.05) is 25.2 Å². The van der Waals surface area contributed by atoms with Gasteiger partial charge >= 0.3 is 0 Å². The van der Waals surface area contributed by atoms with Gasteiger partial charge in [-0.25, -0.2) is 4.98 Å². The molecule has 8 heteroatoms. The molecule has 3 aromatic rings. The van der Waals surface area contributed by atoms with Crippen molar-refractivity contribution in [3.63, 3.8) is 0 Å². The summed E-state index contributed by atoms with van der Waals surface area (Å²) in [4.78, 5) is 32.4. The molecule has 152 valence electrons. The summed E-state index contributed by atoms with van der Waals surface area (Å²) < 4.78 is 2.90. The second-order valence-electron chi connectivity index (χ2n) is 7.40. The number of nitrogens with zero attached hydrogens (tertiary/aromatic N) is 3. The molecule has 0 spiro atoms. The molecule has 0 saturated carbocycles. The number of hydrogen-bond acceptors (Lipinski definition) is 5. The molecule has 4 rings (SSSR count). The number of fused-ring (bicyclic) bond motifs is 1. The van der Waals surface area contributed by atoms with E-state index in [1.165, 1.54) is 11.3 Å². The van der Waals surface area contributed by atoms with Crippen LogP contribution in [0.1, 0.15) is 24.2 Å². The molecule has 6 nitrogen and oxygen atoms in total. The van der Waals surface area contributed by atoms with Crippen molar-refractivity contribution in [1.29, 1.82) is 0 Å². The Morgan fingerprint density at radius 1 is 1.14 bits per heavy atom. The Bertz CT molecular complexity index is 1010. The normalized spacial score (nSPS) is 15.6. The number of thioether (sulfide) groups is 1. The van der Waals surface area contributed by atoms with Crippen molar-refractivity contribution in [3.8, 4) is 5.13 Å². The number of rotatable bonds is 5. The minimum Gasteiger partial charge on any atom is -0.340 e. The first-order valence-corrected chi connectivity index (χ1v) is 11.7. The van der Waals surface area contributed by atoms with Crippen LogP contribution >= 0.6 is 23.1 Å². The Kier molecular flexibility index (Phi) is 5.91. The number of thiazole rings is 1. The number of hydrogen-bond donors (Lipinski definition) is 1. The Balaban J connectivity index is 1.52. The molecule has 1 aliphatic rings. The maximum atomic E-state index is 12.9. The third-order valence-corrected chi connectivity index (χ3v) is 6.98. The van der Waals surface area contributed by atoms with E-state index in [0.29, 0.717) is 5.56 Å². The second-order valence-corrected chi connectivity index (χ2v) is 9.64. The SMILES string of the molecule is CC(C)C(NC(=O)c1ccc2nc(-n3cccc3)sc2c1)C(=O)N1CCSCC1. The van der Waals surface area contributed by atoms with Crippen LogP contribution in [0.2, 0.25) is 0 Å². The zero-order chi connectivity index (χ0) is 20.4. The summed E-state index contributed by atoms with van der Waals surface area (Å²) in [6.07, 6.45) is 3.90. The van der Waals surface area contributed by atoms with E-state index in [1.54, 1.807) is 6.07 Å². The molecule has 1 aromatic carbocycles. The Hall–Kier alpha value is -2.32. The summed E-state index contributed by atoms with van der Waals surface area (Å²) in [6.45, 7) is 5.43. The van der Waals surface area contributed by atoms with Crippen molar-refractivity contribution in [3.05, 3.63) is 48.3 Å². The van der Waals surface area contributed by atoms with Crippen molar-refractivity contribution < 1.29 is 9.59 Å². The number of benzene rings is 1. The first-order valence-electron chi connectivity index (χ1n) is 9.74. The molecule has 2 aromatic heterocycles. The van der Waals surface area contributed by atoms with E-state index in [1.807, 2.05) is 71.7 Å². The molecular weight excluding hydrogens is 404 g/mol. The quantitative estimate of drug-likeness (QED) is 0.676. The third-order valence-electron chi connectivity index (χ3n) is 5.01. The molecule has 1 fully saturated rings. The zero-order valence-electron chi connectivity index (χ0n) is 16.5. The third kappa shape index (κ3) is 4.33. The number of amides is 2. The van der Waals surface area contributed by atoms with E-state index in [2.05, 4.69) is 10.3 Å². The van der Waals surface area contributed by atoms with Crippen LogP contribution in [0.5, 0.6) is 0 Å². The van der Waals surface area contributed by atoms with E-state index in [-0.39, 0.29) is 17.7 Å². The first-order chi connectivity index (χ1) is 14.0. The Labute approximate surface area is 178 Å². The lowest BCUT2D eigenvalue weighted by Crippen LogP contribution is -2.53. The van der Waals surface area contributed by atoms with Crippen LogP contribution in [-0.4, -0.2) is 56.9 Å². The molecule has 3 heterocycles. The summed E-state index contributed by atoms with van der Waals surface area (Å²) in [5.41, 5.74) is 1.41. The first kappa shape index (κ1) is 20.0. The van der Waals surface area contributed by atoms with E-state index in [9.17, 15) is 9.59 Å². The topological polar surface area (TPSA) is 67.2 Å². The Morgan fingerprint density at radius 2 is 1.86 bits per heavy atom. The fourth-order valence-electron chi connectivity index (χ4n) is 3.34. The number of carbonyl (C=O) groups is 2. The molecule has 1 atom stereocenters. The highest BCUT2D eigenvalue weighted by atomic mass is 32.2. The fraction of sp³-hybridized carbons (Fsp3) is 0.381. The van der Waals surface area contributed by atoms with Gasteiger partial charge in [-0.2, -0.15) is 11.8 Å². The van der Waals surface area contributed by atoms with Gasteiger partial charge in [-0.3, -0.25) is 9.59 Å². The highest BCUT2D eigenvalue weighted by Gasteiger charge is 2.29. The summed E-state index contributed by atoms with van der Waals surface area (Å²) >= 11 is 3.40. The van der Waals surface area contributed by atoms with Crippen LogP contribution in [-0.2, 0) is 4.79 Å². The van der Waals surface area contributed by atoms with E-state index >= 15 is 0 Å². The van der Waals surface area contributed by atoms with Gasteiger partial charge in [0.05, 0.1) is 10.2 Å². The van der Waals surface area contributed by atoms with Crippen LogP contribution in [0, 0.1) is 5.92 Å². The lowest BCUT2D eigenvalue weighted by Gasteiger charge is -2.32. The molecule has 0 radical (unpaired) electrons. The average Bonchev–Trinajstić information content (AvgIpc) is 3.40. The monoisotopic (exact) mass is 428 g/mol. The maximum absolute atomic E-state index is 12.9. The summed E-state index contributed by atoms with van der Waals surface area (Å²) in [7, 11) is 0. The van der Waals surface area contributed by atoms with E-state index in [0.717, 1.165) is 39.9 Å². The summed E-state index contributed by atoms with van der Waals surface area (Å²) in [5.74, 6) is 1.73. The predicted molar refractivity (Wildman–Crippen MR) is 119 cm³/mol. The Morgan fingerprint density at radius 3 is 2.55 bits per heavy atom. The van der Waals surface area contributed by atoms with Crippen LogP contribution < -0.4 is 5.32 Å². The zero-order valence-corrected chi connectivity index (χ0v) is 18.1. The van der Waals surface area contributed by atoms with Crippen LogP contribution in [0.15, 0.2) is 42.7 Å². The lowest BCUT2D eigenvalue weighted by atomic mass is 10.0. The van der Waals surface area contributed by atoms with Gasteiger partial charge < -0.3 is 14.8 Å². The van der Waals surface area contributed by atoms with Gasteiger partial charge in [-0.05, 0) is 36.2 Å². The largest absolute Gasteiger partial charge is 0.340 e. The number of carbonyl (C=O) groups excluding carboxylic acids is 2. The number of nitrogens with one attached hydrogen (secondary N) is 1.